The second-order valence-electron chi connectivity index (χ2n) is 4.67. The van der Waals surface area contributed by atoms with Crippen LogP contribution in [0.2, 0.25) is 0 Å². The molecular formula is C15H20O2S. The molecule has 1 rings (SSSR count). The molecule has 1 aromatic carbocycles. The van der Waals surface area contributed by atoms with Gasteiger partial charge in [0.2, 0.25) is 0 Å². The van der Waals surface area contributed by atoms with Crippen LogP contribution in [-0.2, 0) is 10.5 Å². The number of aliphatic carboxylic acids is 1. The summed E-state index contributed by atoms with van der Waals surface area (Å²) < 4.78 is 0. The molecule has 0 heterocycles. The van der Waals surface area contributed by atoms with Crippen LogP contribution >= 0.6 is 11.8 Å². The Hall–Kier alpha value is -1.22. The van der Waals surface area contributed by atoms with E-state index in [1.807, 2.05) is 23.9 Å². The van der Waals surface area contributed by atoms with E-state index in [9.17, 15) is 4.79 Å². The second kappa shape index (κ2) is 7.27. The van der Waals surface area contributed by atoms with Crippen molar-refractivity contribution in [2.24, 2.45) is 5.92 Å². The summed E-state index contributed by atoms with van der Waals surface area (Å²) >= 11 is 1.95. The number of rotatable bonds is 6. The predicted octanol–water partition coefficient (Wildman–Crippen LogP) is 4.06. The molecule has 0 aromatic heterocycles. The summed E-state index contributed by atoms with van der Waals surface area (Å²) in [6.45, 7) is 6.72. The number of benzene rings is 1. The molecule has 98 valence electrons. The molecule has 0 saturated heterocycles. The molecule has 3 heteroatoms. The summed E-state index contributed by atoms with van der Waals surface area (Å²) in [5.41, 5.74) is 2.20. The normalized spacial score (nSPS) is 13.1. The molecule has 0 aliphatic heterocycles. The van der Waals surface area contributed by atoms with Crippen molar-refractivity contribution in [3.8, 4) is 0 Å². The lowest BCUT2D eigenvalue weighted by atomic mass is 10.1. The van der Waals surface area contributed by atoms with Crippen molar-refractivity contribution in [3.05, 3.63) is 41.5 Å². The Morgan fingerprint density at radius 3 is 2.39 bits per heavy atom. The van der Waals surface area contributed by atoms with E-state index in [1.54, 1.807) is 6.08 Å². The maximum atomic E-state index is 10.4. The van der Waals surface area contributed by atoms with Crippen molar-refractivity contribution >= 4 is 23.8 Å². The van der Waals surface area contributed by atoms with Crippen LogP contribution in [0.3, 0.4) is 0 Å². The first-order valence-electron chi connectivity index (χ1n) is 6.10. The van der Waals surface area contributed by atoms with Gasteiger partial charge in [-0.15, -0.1) is 0 Å². The summed E-state index contributed by atoms with van der Waals surface area (Å²) in [4.78, 5) is 10.4. The fourth-order valence-corrected chi connectivity index (χ4v) is 2.35. The maximum absolute atomic E-state index is 10.4. The van der Waals surface area contributed by atoms with Gasteiger partial charge in [-0.25, -0.2) is 4.79 Å². The van der Waals surface area contributed by atoms with Crippen molar-refractivity contribution in [1.29, 1.82) is 0 Å². The molecule has 0 amide bonds. The summed E-state index contributed by atoms with van der Waals surface area (Å²) in [5.74, 6) is 0.774. The SMILES string of the molecule is CC(C)C(C)SCc1ccc(/C=C/C(=O)O)cc1. The van der Waals surface area contributed by atoms with Crippen LogP contribution in [0.15, 0.2) is 30.3 Å². The van der Waals surface area contributed by atoms with Crippen molar-refractivity contribution in [1.82, 2.24) is 0 Å². The van der Waals surface area contributed by atoms with Crippen molar-refractivity contribution in [3.63, 3.8) is 0 Å². The zero-order valence-electron chi connectivity index (χ0n) is 11.1. The summed E-state index contributed by atoms with van der Waals surface area (Å²) in [7, 11) is 0. The number of carboxylic acid groups (broad SMARTS) is 1. The van der Waals surface area contributed by atoms with Gasteiger partial charge in [0.1, 0.15) is 0 Å². The van der Waals surface area contributed by atoms with E-state index < -0.39 is 5.97 Å². The average molecular weight is 264 g/mol. The molecule has 0 spiro atoms. The third-order valence-corrected chi connectivity index (χ3v) is 4.42. The van der Waals surface area contributed by atoms with Gasteiger partial charge < -0.3 is 5.11 Å². The molecule has 0 aliphatic rings. The van der Waals surface area contributed by atoms with Gasteiger partial charge in [-0.05, 0) is 23.1 Å². The van der Waals surface area contributed by atoms with Crippen LogP contribution < -0.4 is 0 Å². The van der Waals surface area contributed by atoms with E-state index in [0.717, 1.165) is 17.4 Å². The van der Waals surface area contributed by atoms with Gasteiger partial charge in [-0.3, -0.25) is 0 Å². The van der Waals surface area contributed by atoms with Crippen LogP contribution in [0, 0.1) is 5.92 Å². The molecule has 0 aliphatic carbocycles. The lowest BCUT2D eigenvalue weighted by Gasteiger charge is -2.14. The van der Waals surface area contributed by atoms with Gasteiger partial charge in [0.25, 0.3) is 0 Å². The number of carbonyl (C=O) groups is 1. The van der Waals surface area contributed by atoms with E-state index >= 15 is 0 Å². The smallest absolute Gasteiger partial charge is 0.328 e. The number of hydrogen-bond donors (Lipinski definition) is 1. The van der Waals surface area contributed by atoms with Crippen molar-refractivity contribution in [2.45, 2.75) is 31.8 Å². The standard InChI is InChI=1S/C15H20O2S/c1-11(2)12(3)18-10-14-6-4-13(5-7-14)8-9-15(16)17/h4-9,11-12H,10H2,1-3H3,(H,16,17)/b9-8+. The van der Waals surface area contributed by atoms with E-state index in [0.29, 0.717) is 11.2 Å². The van der Waals surface area contributed by atoms with Gasteiger partial charge in [0, 0.05) is 17.1 Å². The van der Waals surface area contributed by atoms with E-state index in [-0.39, 0.29) is 0 Å². The molecule has 0 bridgehead atoms. The average Bonchev–Trinajstić information content (AvgIpc) is 2.34. The largest absolute Gasteiger partial charge is 0.478 e. The third kappa shape index (κ3) is 5.41. The van der Waals surface area contributed by atoms with E-state index in [4.69, 9.17) is 5.11 Å². The minimum absolute atomic E-state index is 0.650. The first-order chi connectivity index (χ1) is 8.49. The summed E-state index contributed by atoms with van der Waals surface area (Å²) in [6.07, 6.45) is 2.76. The molecule has 1 atom stereocenters. The Bertz CT molecular complexity index is 407. The molecule has 18 heavy (non-hydrogen) atoms. The third-order valence-electron chi connectivity index (χ3n) is 2.85. The van der Waals surface area contributed by atoms with Gasteiger partial charge >= 0.3 is 5.97 Å². The molecule has 0 fully saturated rings. The first kappa shape index (κ1) is 14.8. The highest BCUT2D eigenvalue weighted by Crippen LogP contribution is 2.23. The fourth-order valence-electron chi connectivity index (χ4n) is 1.31. The van der Waals surface area contributed by atoms with Gasteiger partial charge in [0.15, 0.2) is 0 Å². The van der Waals surface area contributed by atoms with Gasteiger partial charge in [-0.2, -0.15) is 11.8 Å². The van der Waals surface area contributed by atoms with Crippen LogP contribution in [0.25, 0.3) is 6.08 Å². The van der Waals surface area contributed by atoms with E-state index in [1.165, 1.54) is 5.56 Å². The molecule has 1 aromatic rings. The molecule has 0 radical (unpaired) electrons. The summed E-state index contributed by atoms with van der Waals surface area (Å²) in [5, 5.41) is 9.19. The number of hydrogen-bond acceptors (Lipinski definition) is 2. The Morgan fingerprint density at radius 2 is 1.89 bits per heavy atom. The predicted molar refractivity (Wildman–Crippen MR) is 78.7 cm³/mol. The highest BCUT2D eigenvalue weighted by Gasteiger charge is 2.07. The molecule has 1 N–H and O–H groups in total. The maximum Gasteiger partial charge on any atom is 0.328 e. The van der Waals surface area contributed by atoms with E-state index in [2.05, 4.69) is 32.9 Å². The molecular weight excluding hydrogens is 244 g/mol. The molecule has 1 unspecified atom stereocenters. The fraction of sp³-hybridized carbons (Fsp3) is 0.400. The Balaban J connectivity index is 2.53. The lowest BCUT2D eigenvalue weighted by Crippen LogP contribution is -2.05. The second-order valence-corrected chi connectivity index (χ2v) is 6.04. The van der Waals surface area contributed by atoms with Crippen LogP contribution in [0.1, 0.15) is 31.9 Å². The molecule has 0 saturated carbocycles. The number of carboxylic acids is 1. The quantitative estimate of drug-likeness (QED) is 0.787. The Kier molecular flexibility index (Phi) is 5.99. The van der Waals surface area contributed by atoms with Gasteiger partial charge in [-0.1, -0.05) is 45.0 Å². The van der Waals surface area contributed by atoms with Crippen LogP contribution in [0.4, 0.5) is 0 Å². The molecule has 2 nitrogen and oxygen atoms in total. The number of thioether (sulfide) groups is 1. The highest BCUT2D eigenvalue weighted by atomic mass is 32.2. The Morgan fingerprint density at radius 1 is 1.28 bits per heavy atom. The first-order valence-corrected chi connectivity index (χ1v) is 7.15. The lowest BCUT2D eigenvalue weighted by molar-refractivity contribution is -0.131. The minimum Gasteiger partial charge on any atom is -0.478 e. The minimum atomic E-state index is -0.916. The van der Waals surface area contributed by atoms with Crippen molar-refractivity contribution in [2.75, 3.05) is 0 Å². The zero-order chi connectivity index (χ0) is 13.5. The Labute approximate surface area is 113 Å². The van der Waals surface area contributed by atoms with Crippen LogP contribution in [-0.4, -0.2) is 16.3 Å². The zero-order valence-corrected chi connectivity index (χ0v) is 11.9. The van der Waals surface area contributed by atoms with Crippen LogP contribution in [0.5, 0.6) is 0 Å². The topological polar surface area (TPSA) is 37.3 Å². The highest BCUT2D eigenvalue weighted by molar-refractivity contribution is 7.99. The van der Waals surface area contributed by atoms with Crippen molar-refractivity contribution < 1.29 is 9.90 Å². The monoisotopic (exact) mass is 264 g/mol. The summed E-state index contributed by atoms with van der Waals surface area (Å²) in [6, 6.07) is 8.02. The van der Waals surface area contributed by atoms with Gasteiger partial charge in [0.05, 0.1) is 0 Å².